The number of pyridine rings is 1. The van der Waals surface area contributed by atoms with Crippen LogP contribution in [0.3, 0.4) is 0 Å². The van der Waals surface area contributed by atoms with E-state index in [0.29, 0.717) is 0 Å². The van der Waals surface area contributed by atoms with Crippen molar-refractivity contribution >= 4 is 0 Å². The Morgan fingerprint density at radius 2 is 2.05 bits per heavy atom. The van der Waals surface area contributed by atoms with E-state index < -0.39 is 0 Å². The molecule has 2 rings (SSSR count). The molecule has 0 unspecified atom stereocenters. The quantitative estimate of drug-likeness (QED) is 0.889. The predicted octanol–water partition coefficient (Wildman–Crippen LogP) is 1.73. The Kier molecular flexibility index (Phi) is 4.16. The maximum absolute atomic E-state index is 5.40. The van der Waals surface area contributed by atoms with E-state index in [1.54, 1.807) is 11.8 Å². The Morgan fingerprint density at radius 3 is 2.68 bits per heavy atom. The second-order valence-corrected chi connectivity index (χ2v) is 4.67. The van der Waals surface area contributed by atoms with Gasteiger partial charge >= 0.3 is 0 Å². The number of aryl methyl sites for hydroxylation is 2. The fourth-order valence-corrected chi connectivity index (χ4v) is 2.14. The van der Waals surface area contributed by atoms with E-state index in [9.17, 15) is 0 Å². The van der Waals surface area contributed by atoms with Crippen molar-refractivity contribution in [2.45, 2.75) is 26.9 Å². The van der Waals surface area contributed by atoms with Crippen LogP contribution in [0.2, 0.25) is 0 Å². The molecule has 2 aromatic rings. The van der Waals surface area contributed by atoms with E-state index >= 15 is 0 Å². The van der Waals surface area contributed by atoms with Crippen molar-refractivity contribution in [1.82, 2.24) is 20.1 Å². The maximum Gasteiger partial charge on any atom is 0.128 e. The largest absolute Gasteiger partial charge is 0.496 e. The highest BCUT2D eigenvalue weighted by molar-refractivity contribution is 5.40. The standard InChI is InChI=1S/C14H20N4O/c1-10-5-16-13(11(2)14(10)19-4)8-15-6-12-7-17-18(3)9-12/h5,7,9,15H,6,8H2,1-4H3. The van der Waals surface area contributed by atoms with E-state index in [2.05, 4.69) is 15.4 Å². The number of aromatic nitrogens is 3. The molecule has 0 aliphatic carbocycles. The Labute approximate surface area is 113 Å². The van der Waals surface area contributed by atoms with Crippen LogP contribution in [0.4, 0.5) is 0 Å². The molecule has 19 heavy (non-hydrogen) atoms. The molecule has 2 aromatic heterocycles. The van der Waals surface area contributed by atoms with Crippen molar-refractivity contribution in [3.05, 3.63) is 41.0 Å². The second kappa shape index (κ2) is 5.84. The SMILES string of the molecule is COc1c(C)cnc(CNCc2cnn(C)c2)c1C. The molecule has 0 aliphatic rings. The zero-order valence-corrected chi connectivity index (χ0v) is 11.9. The molecule has 102 valence electrons. The van der Waals surface area contributed by atoms with Gasteiger partial charge in [0.25, 0.3) is 0 Å². The fraction of sp³-hybridized carbons (Fsp3) is 0.429. The predicted molar refractivity (Wildman–Crippen MR) is 74.0 cm³/mol. The van der Waals surface area contributed by atoms with E-state index in [-0.39, 0.29) is 0 Å². The first-order chi connectivity index (χ1) is 9.11. The van der Waals surface area contributed by atoms with Crippen LogP contribution in [-0.2, 0) is 20.1 Å². The van der Waals surface area contributed by atoms with Crippen LogP contribution in [0.25, 0.3) is 0 Å². The number of hydrogen-bond acceptors (Lipinski definition) is 4. The molecular weight excluding hydrogens is 240 g/mol. The van der Waals surface area contributed by atoms with E-state index in [1.807, 2.05) is 39.5 Å². The topological polar surface area (TPSA) is 52.0 Å². The summed E-state index contributed by atoms with van der Waals surface area (Å²) in [7, 11) is 3.61. The number of hydrogen-bond donors (Lipinski definition) is 1. The third-order valence-corrected chi connectivity index (χ3v) is 3.13. The first kappa shape index (κ1) is 13.5. The Hall–Kier alpha value is -1.88. The van der Waals surface area contributed by atoms with Crippen LogP contribution in [0, 0.1) is 13.8 Å². The molecule has 0 aliphatic heterocycles. The minimum absolute atomic E-state index is 0.720. The van der Waals surface area contributed by atoms with Gasteiger partial charge in [-0.15, -0.1) is 0 Å². The van der Waals surface area contributed by atoms with Crippen molar-refractivity contribution < 1.29 is 4.74 Å². The molecule has 5 heteroatoms. The number of nitrogens with one attached hydrogen (secondary N) is 1. The smallest absolute Gasteiger partial charge is 0.128 e. The third kappa shape index (κ3) is 3.12. The summed E-state index contributed by atoms with van der Waals surface area (Å²) < 4.78 is 7.20. The van der Waals surface area contributed by atoms with Gasteiger partial charge in [0.15, 0.2) is 0 Å². The Bertz CT molecular complexity index is 563. The molecule has 1 N–H and O–H groups in total. The lowest BCUT2D eigenvalue weighted by atomic mass is 10.1. The molecular formula is C14H20N4O. The van der Waals surface area contributed by atoms with Crippen LogP contribution >= 0.6 is 0 Å². The van der Waals surface area contributed by atoms with Crippen LogP contribution in [0.5, 0.6) is 5.75 Å². The normalized spacial score (nSPS) is 10.7. The lowest BCUT2D eigenvalue weighted by Crippen LogP contribution is -2.15. The molecule has 0 atom stereocenters. The molecule has 2 heterocycles. The van der Waals surface area contributed by atoms with Crippen LogP contribution in [0.1, 0.15) is 22.4 Å². The molecule has 0 aromatic carbocycles. The number of ether oxygens (including phenoxy) is 1. The molecule has 0 amide bonds. The summed E-state index contributed by atoms with van der Waals surface area (Å²) >= 11 is 0. The summed E-state index contributed by atoms with van der Waals surface area (Å²) in [6.45, 7) is 5.55. The highest BCUT2D eigenvalue weighted by Gasteiger charge is 2.08. The Balaban J connectivity index is 2.00. The molecule has 0 radical (unpaired) electrons. The molecule has 0 spiro atoms. The summed E-state index contributed by atoms with van der Waals surface area (Å²) in [6.07, 6.45) is 5.72. The van der Waals surface area contributed by atoms with E-state index in [0.717, 1.165) is 35.7 Å². The highest BCUT2D eigenvalue weighted by atomic mass is 16.5. The Morgan fingerprint density at radius 1 is 1.26 bits per heavy atom. The maximum atomic E-state index is 5.40. The van der Waals surface area contributed by atoms with Crippen molar-refractivity contribution in [3.63, 3.8) is 0 Å². The monoisotopic (exact) mass is 260 g/mol. The van der Waals surface area contributed by atoms with Gasteiger partial charge < -0.3 is 10.1 Å². The summed E-state index contributed by atoms with van der Waals surface area (Å²) in [4.78, 5) is 4.46. The molecule has 0 fully saturated rings. The second-order valence-electron chi connectivity index (χ2n) is 4.67. The first-order valence-corrected chi connectivity index (χ1v) is 6.29. The van der Waals surface area contributed by atoms with Gasteiger partial charge in [-0.25, -0.2) is 0 Å². The first-order valence-electron chi connectivity index (χ1n) is 6.29. The van der Waals surface area contributed by atoms with Gasteiger partial charge in [0.05, 0.1) is 19.0 Å². The van der Waals surface area contributed by atoms with Gasteiger partial charge in [0.1, 0.15) is 5.75 Å². The minimum Gasteiger partial charge on any atom is -0.496 e. The lowest BCUT2D eigenvalue weighted by Gasteiger charge is -2.12. The molecule has 0 saturated heterocycles. The van der Waals surface area contributed by atoms with Crippen molar-refractivity contribution in [2.24, 2.45) is 7.05 Å². The zero-order chi connectivity index (χ0) is 13.8. The van der Waals surface area contributed by atoms with Crippen LogP contribution < -0.4 is 10.1 Å². The van der Waals surface area contributed by atoms with Gasteiger partial charge in [-0.05, 0) is 13.8 Å². The number of nitrogens with zero attached hydrogens (tertiary/aromatic N) is 3. The average molecular weight is 260 g/mol. The van der Waals surface area contributed by atoms with Crippen molar-refractivity contribution in [1.29, 1.82) is 0 Å². The van der Waals surface area contributed by atoms with Crippen molar-refractivity contribution in [2.75, 3.05) is 7.11 Å². The average Bonchev–Trinajstić information content (AvgIpc) is 2.79. The third-order valence-electron chi connectivity index (χ3n) is 3.13. The number of rotatable bonds is 5. The summed E-state index contributed by atoms with van der Waals surface area (Å²) in [5, 5.41) is 7.51. The van der Waals surface area contributed by atoms with E-state index in [1.165, 1.54) is 5.56 Å². The molecule has 5 nitrogen and oxygen atoms in total. The molecule has 0 saturated carbocycles. The minimum atomic E-state index is 0.720. The zero-order valence-electron chi connectivity index (χ0n) is 11.9. The summed E-state index contributed by atoms with van der Waals surface area (Å²) in [6, 6.07) is 0. The van der Waals surface area contributed by atoms with Crippen LogP contribution in [0.15, 0.2) is 18.6 Å². The van der Waals surface area contributed by atoms with Gasteiger partial charge in [0.2, 0.25) is 0 Å². The number of methoxy groups -OCH3 is 1. The van der Waals surface area contributed by atoms with Gasteiger partial charge in [0, 0.05) is 49.2 Å². The lowest BCUT2D eigenvalue weighted by molar-refractivity contribution is 0.406. The van der Waals surface area contributed by atoms with Gasteiger partial charge in [-0.3, -0.25) is 9.67 Å². The van der Waals surface area contributed by atoms with Gasteiger partial charge in [-0.1, -0.05) is 0 Å². The van der Waals surface area contributed by atoms with Gasteiger partial charge in [-0.2, -0.15) is 5.10 Å². The summed E-state index contributed by atoms with van der Waals surface area (Å²) in [5.74, 6) is 0.924. The highest BCUT2D eigenvalue weighted by Crippen LogP contribution is 2.23. The molecule has 0 bridgehead atoms. The van der Waals surface area contributed by atoms with Crippen molar-refractivity contribution in [3.8, 4) is 5.75 Å². The summed E-state index contributed by atoms with van der Waals surface area (Å²) in [5.41, 5.74) is 4.35. The fourth-order valence-electron chi connectivity index (χ4n) is 2.14. The van der Waals surface area contributed by atoms with Crippen LogP contribution in [-0.4, -0.2) is 21.9 Å². The van der Waals surface area contributed by atoms with E-state index in [4.69, 9.17) is 4.74 Å².